The lowest BCUT2D eigenvalue weighted by Gasteiger charge is -2.29. The van der Waals surface area contributed by atoms with Gasteiger partial charge in [-0.05, 0) is 43.5 Å². The van der Waals surface area contributed by atoms with Crippen LogP contribution in [0.4, 0.5) is 0 Å². The van der Waals surface area contributed by atoms with Crippen LogP contribution >= 0.6 is 11.6 Å². The number of likely N-dealkylation sites (tertiary alicyclic amines) is 1. The molecule has 1 saturated heterocycles. The Hall–Kier alpha value is -0.730. The number of rotatable bonds is 3. The predicted molar refractivity (Wildman–Crippen MR) is 76.1 cm³/mol. The minimum atomic E-state index is 0.170. The molecular weight excluding hydrogens is 246 g/mol. The van der Waals surface area contributed by atoms with Gasteiger partial charge in [-0.25, -0.2) is 0 Å². The van der Waals surface area contributed by atoms with E-state index < -0.39 is 0 Å². The highest BCUT2D eigenvalue weighted by molar-refractivity contribution is 6.32. The molecule has 1 aromatic rings. The minimum Gasteiger partial charge on any atom is -0.506 e. The average Bonchev–Trinajstić information content (AvgIpc) is 2.59. The van der Waals surface area contributed by atoms with Gasteiger partial charge >= 0.3 is 0 Å². The first-order chi connectivity index (χ1) is 8.70. The fraction of sp³-hybridized carbons (Fsp3) is 0.600. The second-order valence-electron chi connectivity index (χ2n) is 5.17. The van der Waals surface area contributed by atoms with E-state index in [0.717, 1.165) is 6.54 Å². The second kappa shape index (κ2) is 6.44. The zero-order chi connectivity index (χ0) is 13.0. The highest BCUT2D eigenvalue weighted by Gasteiger charge is 2.19. The molecule has 3 heteroatoms. The lowest BCUT2D eigenvalue weighted by molar-refractivity contribution is 0.186. The molecule has 18 heavy (non-hydrogen) atoms. The molecule has 0 aromatic heterocycles. The van der Waals surface area contributed by atoms with Crippen molar-refractivity contribution >= 4 is 11.6 Å². The lowest BCUT2D eigenvalue weighted by atomic mass is 10.1. The number of nitrogens with zero attached hydrogens (tertiary/aromatic N) is 1. The van der Waals surface area contributed by atoms with Crippen LogP contribution in [0.1, 0.15) is 44.6 Å². The highest BCUT2D eigenvalue weighted by Crippen LogP contribution is 2.26. The van der Waals surface area contributed by atoms with Crippen molar-refractivity contribution in [1.82, 2.24) is 4.90 Å². The summed E-state index contributed by atoms with van der Waals surface area (Å²) < 4.78 is 0. The normalized spacial score (nSPS) is 21.8. The average molecular weight is 268 g/mol. The van der Waals surface area contributed by atoms with E-state index in [9.17, 15) is 5.11 Å². The van der Waals surface area contributed by atoms with Crippen LogP contribution in [-0.4, -0.2) is 22.6 Å². The summed E-state index contributed by atoms with van der Waals surface area (Å²) in [6, 6.07) is 6.24. The Morgan fingerprint density at radius 3 is 2.89 bits per heavy atom. The van der Waals surface area contributed by atoms with Gasteiger partial charge < -0.3 is 5.11 Å². The summed E-state index contributed by atoms with van der Waals surface area (Å²) in [5.74, 6) is 0.170. The summed E-state index contributed by atoms with van der Waals surface area (Å²) in [5.41, 5.74) is 1.19. The van der Waals surface area contributed by atoms with Crippen molar-refractivity contribution in [3.05, 3.63) is 28.8 Å². The first-order valence-corrected chi connectivity index (χ1v) is 7.30. The molecule has 2 rings (SSSR count). The number of phenolic OH excluding ortho intramolecular Hbond substituents is 1. The van der Waals surface area contributed by atoms with Gasteiger partial charge in [-0.15, -0.1) is 0 Å². The molecule has 1 aromatic carbocycles. The van der Waals surface area contributed by atoms with E-state index in [1.807, 2.05) is 12.1 Å². The highest BCUT2D eigenvalue weighted by atomic mass is 35.5. The van der Waals surface area contributed by atoms with Crippen LogP contribution < -0.4 is 0 Å². The Morgan fingerprint density at radius 1 is 1.33 bits per heavy atom. The van der Waals surface area contributed by atoms with Gasteiger partial charge in [0.05, 0.1) is 5.02 Å². The van der Waals surface area contributed by atoms with E-state index >= 15 is 0 Å². The molecule has 1 atom stereocenters. The van der Waals surface area contributed by atoms with E-state index in [-0.39, 0.29) is 5.75 Å². The Balaban J connectivity index is 2.07. The van der Waals surface area contributed by atoms with Crippen molar-refractivity contribution in [2.45, 2.75) is 51.6 Å². The SMILES string of the molecule is CCC1CCCCCN1Cc1ccc(O)c(Cl)c1. The molecule has 0 spiro atoms. The molecule has 0 saturated carbocycles. The van der Waals surface area contributed by atoms with E-state index in [2.05, 4.69) is 11.8 Å². The molecule has 1 unspecified atom stereocenters. The fourth-order valence-electron chi connectivity index (χ4n) is 2.79. The smallest absolute Gasteiger partial charge is 0.134 e. The van der Waals surface area contributed by atoms with Crippen LogP contribution in [0.3, 0.4) is 0 Å². The standard InChI is InChI=1S/C15H22ClNO/c1-2-13-6-4-3-5-9-17(13)11-12-7-8-15(18)14(16)10-12/h7-8,10,13,18H,2-6,9,11H2,1H3. The fourth-order valence-corrected chi connectivity index (χ4v) is 2.99. The van der Waals surface area contributed by atoms with Crippen LogP contribution in [0.25, 0.3) is 0 Å². The molecule has 0 amide bonds. The molecule has 1 heterocycles. The van der Waals surface area contributed by atoms with Crippen LogP contribution in [0.5, 0.6) is 5.75 Å². The van der Waals surface area contributed by atoms with E-state index in [4.69, 9.17) is 11.6 Å². The van der Waals surface area contributed by atoms with Crippen molar-refractivity contribution in [1.29, 1.82) is 0 Å². The van der Waals surface area contributed by atoms with Gasteiger partial charge in [0, 0.05) is 12.6 Å². The summed E-state index contributed by atoms with van der Waals surface area (Å²) in [4.78, 5) is 2.57. The maximum atomic E-state index is 9.45. The zero-order valence-corrected chi connectivity index (χ0v) is 11.8. The van der Waals surface area contributed by atoms with Crippen LogP contribution in [0.2, 0.25) is 5.02 Å². The third kappa shape index (κ3) is 3.39. The third-order valence-electron chi connectivity index (χ3n) is 3.87. The largest absolute Gasteiger partial charge is 0.506 e. The summed E-state index contributed by atoms with van der Waals surface area (Å²) in [6.45, 7) is 4.39. The van der Waals surface area contributed by atoms with Crippen molar-refractivity contribution in [3.8, 4) is 5.75 Å². The van der Waals surface area contributed by atoms with Crippen LogP contribution in [0, 0.1) is 0 Å². The summed E-state index contributed by atoms with van der Waals surface area (Å²) in [7, 11) is 0. The molecule has 1 aliphatic rings. The summed E-state index contributed by atoms with van der Waals surface area (Å²) >= 11 is 5.97. The van der Waals surface area contributed by atoms with Gasteiger partial charge in [-0.1, -0.05) is 37.4 Å². The molecule has 0 aliphatic carbocycles. The van der Waals surface area contributed by atoms with Crippen LogP contribution in [-0.2, 0) is 6.54 Å². The number of phenols is 1. The molecule has 0 radical (unpaired) electrons. The molecule has 100 valence electrons. The third-order valence-corrected chi connectivity index (χ3v) is 4.17. The number of halogens is 1. The van der Waals surface area contributed by atoms with Gasteiger partial charge in [0.25, 0.3) is 0 Å². The first kappa shape index (κ1) is 13.7. The van der Waals surface area contributed by atoms with Crippen molar-refractivity contribution < 1.29 is 5.11 Å². The number of hydrogen-bond acceptors (Lipinski definition) is 2. The number of hydrogen-bond donors (Lipinski definition) is 1. The first-order valence-electron chi connectivity index (χ1n) is 6.92. The van der Waals surface area contributed by atoms with Gasteiger partial charge in [-0.2, -0.15) is 0 Å². The van der Waals surface area contributed by atoms with Gasteiger partial charge in [-0.3, -0.25) is 4.90 Å². The molecule has 1 fully saturated rings. The Bertz CT molecular complexity index is 394. The monoisotopic (exact) mass is 267 g/mol. The van der Waals surface area contributed by atoms with Crippen molar-refractivity contribution in [3.63, 3.8) is 0 Å². The Morgan fingerprint density at radius 2 is 2.17 bits per heavy atom. The number of aromatic hydroxyl groups is 1. The lowest BCUT2D eigenvalue weighted by Crippen LogP contribution is -2.33. The topological polar surface area (TPSA) is 23.5 Å². The molecule has 1 aliphatic heterocycles. The quantitative estimate of drug-likeness (QED) is 0.887. The van der Waals surface area contributed by atoms with Gasteiger partial charge in [0.2, 0.25) is 0 Å². The predicted octanol–water partition coefficient (Wildman–Crippen LogP) is 4.20. The van der Waals surface area contributed by atoms with Crippen LogP contribution in [0.15, 0.2) is 18.2 Å². The maximum Gasteiger partial charge on any atom is 0.134 e. The second-order valence-corrected chi connectivity index (χ2v) is 5.57. The minimum absolute atomic E-state index is 0.170. The van der Waals surface area contributed by atoms with Gasteiger partial charge in [0.1, 0.15) is 5.75 Å². The molecule has 1 N–H and O–H groups in total. The van der Waals surface area contributed by atoms with E-state index in [0.29, 0.717) is 11.1 Å². The Kier molecular flexibility index (Phi) is 4.90. The van der Waals surface area contributed by atoms with Crippen molar-refractivity contribution in [2.24, 2.45) is 0 Å². The Labute approximate surface area is 115 Å². The van der Waals surface area contributed by atoms with E-state index in [1.54, 1.807) is 6.07 Å². The molecule has 2 nitrogen and oxygen atoms in total. The molecule has 0 bridgehead atoms. The zero-order valence-electron chi connectivity index (χ0n) is 11.0. The summed E-state index contributed by atoms with van der Waals surface area (Å²) in [5, 5.41) is 9.90. The van der Waals surface area contributed by atoms with Gasteiger partial charge in [0.15, 0.2) is 0 Å². The molecular formula is C15H22ClNO. The van der Waals surface area contributed by atoms with Crippen molar-refractivity contribution in [2.75, 3.05) is 6.54 Å². The summed E-state index contributed by atoms with van der Waals surface area (Å²) in [6.07, 6.45) is 6.52. The maximum absolute atomic E-state index is 9.45. The number of benzene rings is 1. The van der Waals surface area contributed by atoms with E-state index in [1.165, 1.54) is 44.2 Å².